The number of nitrogens with zero attached hydrogens (tertiary/aromatic N) is 1. The highest BCUT2D eigenvalue weighted by Crippen LogP contribution is 2.13. The molecule has 2 atom stereocenters. The lowest BCUT2D eigenvalue weighted by Gasteiger charge is -2.21. The summed E-state index contributed by atoms with van der Waals surface area (Å²) in [6.45, 7) is 5.06. The maximum Gasteiger partial charge on any atom is 0.206 e. The number of guanidine groups is 1. The molecule has 1 saturated heterocycles. The molecule has 1 aliphatic heterocycles. The summed E-state index contributed by atoms with van der Waals surface area (Å²) < 4.78 is 10.4. The van der Waals surface area contributed by atoms with Crippen LogP contribution >= 0.6 is 0 Å². The highest BCUT2D eigenvalue weighted by Gasteiger charge is 2.13. The summed E-state index contributed by atoms with van der Waals surface area (Å²) in [6.07, 6.45) is 2.30. The molecule has 100 valence electrons. The zero-order valence-electron chi connectivity index (χ0n) is 10.7. The van der Waals surface area contributed by atoms with Crippen LogP contribution in [0.2, 0.25) is 0 Å². The van der Waals surface area contributed by atoms with Crippen molar-refractivity contribution in [3.8, 4) is 0 Å². The molecular formula is C11H24N4O2. The molecule has 1 heterocycles. The SMILES string of the molecule is COCC(C)NC(=NCC1CCCOC1)NN. The largest absolute Gasteiger partial charge is 0.383 e. The van der Waals surface area contributed by atoms with Gasteiger partial charge in [0.2, 0.25) is 5.96 Å². The summed E-state index contributed by atoms with van der Waals surface area (Å²) >= 11 is 0. The topological polar surface area (TPSA) is 80.9 Å². The van der Waals surface area contributed by atoms with Gasteiger partial charge in [-0.1, -0.05) is 0 Å². The second-order valence-corrected chi connectivity index (χ2v) is 4.42. The molecule has 1 rings (SSSR count). The molecule has 0 saturated carbocycles. The van der Waals surface area contributed by atoms with E-state index >= 15 is 0 Å². The second-order valence-electron chi connectivity index (χ2n) is 4.42. The zero-order valence-corrected chi connectivity index (χ0v) is 10.7. The Morgan fingerprint density at radius 1 is 1.65 bits per heavy atom. The Hall–Kier alpha value is -0.850. The first-order valence-electron chi connectivity index (χ1n) is 6.10. The first-order valence-corrected chi connectivity index (χ1v) is 6.10. The molecule has 0 aliphatic carbocycles. The number of hydrogen-bond acceptors (Lipinski definition) is 4. The number of nitrogens with two attached hydrogens (primary N) is 1. The normalized spacial score (nSPS) is 23.2. The lowest BCUT2D eigenvalue weighted by Crippen LogP contribution is -2.47. The van der Waals surface area contributed by atoms with Crippen LogP contribution in [0.1, 0.15) is 19.8 Å². The Balaban J connectivity index is 2.31. The Bertz CT molecular complexity index is 230. The summed E-state index contributed by atoms with van der Waals surface area (Å²) in [7, 11) is 1.67. The van der Waals surface area contributed by atoms with E-state index in [0.29, 0.717) is 18.5 Å². The molecule has 2 unspecified atom stereocenters. The van der Waals surface area contributed by atoms with E-state index in [1.165, 1.54) is 6.42 Å². The lowest BCUT2D eigenvalue weighted by atomic mass is 10.0. The van der Waals surface area contributed by atoms with Crippen molar-refractivity contribution in [1.82, 2.24) is 10.7 Å². The molecule has 0 radical (unpaired) electrons. The molecule has 0 aromatic rings. The van der Waals surface area contributed by atoms with Gasteiger partial charge in [0, 0.05) is 32.2 Å². The smallest absolute Gasteiger partial charge is 0.206 e. The van der Waals surface area contributed by atoms with Gasteiger partial charge in [-0.05, 0) is 19.8 Å². The van der Waals surface area contributed by atoms with E-state index in [1.807, 2.05) is 6.92 Å². The molecule has 0 spiro atoms. The summed E-state index contributed by atoms with van der Waals surface area (Å²) in [4.78, 5) is 4.42. The Morgan fingerprint density at radius 3 is 3.06 bits per heavy atom. The van der Waals surface area contributed by atoms with Gasteiger partial charge in [0.25, 0.3) is 0 Å². The third kappa shape index (κ3) is 5.86. The highest BCUT2D eigenvalue weighted by atomic mass is 16.5. The molecule has 17 heavy (non-hydrogen) atoms. The van der Waals surface area contributed by atoms with Crippen LogP contribution in [0, 0.1) is 5.92 Å². The van der Waals surface area contributed by atoms with Crippen LogP contribution in [-0.4, -0.2) is 45.5 Å². The van der Waals surface area contributed by atoms with Crippen molar-refractivity contribution in [2.24, 2.45) is 16.8 Å². The van der Waals surface area contributed by atoms with Crippen LogP contribution in [-0.2, 0) is 9.47 Å². The summed E-state index contributed by atoms with van der Waals surface area (Å²) in [5, 5.41) is 3.16. The van der Waals surface area contributed by atoms with E-state index in [1.54, 1.807) is 7.11 Å². The van der Waals surface area contributed by atoms with Crippen molar-refractivity contribution in [2.75, 3.05) is 33.5 Å². The third-order valence-electron chi connectivity index (χ3n) is 2.70. The van der Waals surface area contributed by atoms with E-state index in [9.17, 15) is 0 Å². The standard InChI is InChI=1S/C11H24N4O2/c1-9(7-16-2)14-11(15-12)13-6-10-4-3-5-17-8-10/h9-10H,3-8,12H2,1-2H3,(H2,13,14,15). The number of aliphatic imine (C=N–C) groups is 1. The van der Waals surface area contributed by atoms with Crippen molar-refractivity contribution in [2.45, 2.75) is 25.8 Å². The fourth-order valence-corrected chi connectivity index (χ4v) is 1.83. The van der Waals surface area contributed by atoms with Crippen molar-refractivity contribution >= 4 is 5.96 Å². The van der Waals surface area contributed by atoms with Crippen LogP contribution in [0.25, 0.3) is 0 Å². The minimum absolute atomic E-state index is 0.178. The van der Waals surface area contributed by atoms with Gasteiger partial charge >= 0.3 is 0 Å². The minimum atomic E-state index is 0.178. The molecule has 0 amide bonds. The summed E-state index contributed by atoms with van der Waals surface area (Å²) in [5.41, 5.74) is 2.57. The molecule has 0 aromatic carbocycles. The average molecular weight is 244 g/mol. The van der Waals surface area contributed by atoms with E-state index in [4.69, 9.17) is 15.3 Å². The van der Waals surface area contributed by atoms with Gasteiger partial charge in [-0.3, -0.25) is 10.4 Å². The van der Waals surface area contributed by atoms with E-state index < -0.39 is 0 Å². The number of nitrogens with one attached hydrogen (secondary N) is 2. The van der Waals surface area contributed by atoms with Crippen LogP contribution < -0.4 is 16.6 Å². The molecule has 0 aromatic heterocycles. The van der Waals surface area contributed by atoms with Crippen LogP contribution in [0.3, 0.4) is 0 Å². The van der Waals surface area contributed by atoms with Gasteiger partial charge in [0.15, 0.2) is 0 Å². The predicted octanol–water partition coefficient (Wildman–Crippen LogP) is -0.143. The predicted molar refractivity (Wildman–Crippen MR) is 67.6 cm³/mol. The number of ether oxygens (including phenoxy) is 2. The van der Waals surface area contributed by atoms with Crippen LogP contribution in [0.4, 0.5) is 0 Å². The first kappa shape index (κ1) is 14.2. The fourth-order valence-electron chi connectivity index (χ4n) is 1.83. The first-order chi connectivity index (χ1) is 8.26. The molecule has 4 N–H and O–H groups in total. The molecular weight excluding hydrogens is 220 g/mol. The monoisotopic (exact) mass is 244 g/mol. The zero-order chi connectivity index (χ0) is 12.5. The van der Waals surface area contributed by atoms with Crippen LogP contribution in [0.15, 0.2) is 4.99 Å². The van der Waals surface area contributed by atoms with Crippen molar-refractivity contribution in [1.29, 1.82) is 0 Å². The summed E-state index contributed by atoms with van der Waals surface area (Å²) in [5.74, 6) is 6.53. The quantitative estimate of drug-likeness (QED) is 0.271. The van der Waals surface area contributed by atoms with Crippen molar-refractivity contribution in [3.63, 3.8) is 0 Å². The van der Waals surface area contributed by atoms with Gasteiger partial charge in [-0.2, -0.15) is 0 Å². The Kier molecular flexibility index (Phi) is 6.91. The average Bonchev–Trinajstić information content (AvgIpc) is 2.36. The maximum atomic E-state index is 5.42. The van der Waals surface area contributed by atoms with Crippen molar-refractivity contribution < 1.29 is 9.47 Å². The summed E-state index contributed by atoms with van der Waals surface area (Å²) in [6, 6.07) is 0.178. The van der Waals surface area contributed by atoms with E-state index in [2.05, 4.69) is 15.7 Å². The molecule has 6 heteroatoms. The number of rotatable bonds is 5. The fraction of sp³-hybridized carbons (Fsp3) is 0.909. The Labute approximate surface area is 103 Å². The third-order valence-corrected chi connectivity index (χ3v) is 2.70. The second kappa shape index (κ2) is 8.27. The molecule has 1 aliphatic rings. The molecule has 1 fully saturated rings. The number of hydrazine groups is 1. The maximum absolute atomic E-state index is 5.42. The molecule has 0 bridgehead atoms. The highest BCUT2D eigenvalue weighted by molar-refractivity contribution is 5.79. The molecule has 6 nitrogen and oxygen atoms in total. The van der Waals surface area contributed by atoms with Gasteiger partial charge < -0.3 is 14.8 Å². The van der Waals surface area contributed by atoms with E-state index in [-0.39, 0.29) is 6.04 Å². The van der Waals surface area contributed by atoms with Gasteiger partial charge in [-0.25, -0.2) is 5.84 Å². The number of methoxy groups -OCH3 is 1. The van der Waals surface area contributed by atoms with Gasteiger partial charge in [0.1, 0.15) is 0 Å². The number of hydrogen-bond donors (Lipinski definition) is 3. The van der Waals surface area contributed by atoms with Crippen molar-refractivity contribution in [3.05, 3.63) is 0 Å². The minimum Gasteiger partial charge on any atom is -0.383 e. The van der Waals surface area contributed by atoms with Crippen LogP contribution in [0.5, 0.6) is 0 Å². The van der Waals surface area contributed by atoms with Gasteiger partial charge in [-0.15, -0.1) is 0 Å². The lowest BCUT2D eigenvalue weighted by molar-refractivity contribution is 0.0581. The van der Waals surface area contributed by atoms with Gasteiger partial charge in [0.05, 0.1) is 13.2 Å². The van der Waals surface area contributed by atoms with E-state index in [0.717, 1.165) is 26.2 Å². The Morgan fingerprint density at radius 2 is 2.47 bits per heavy atom.